The van der Waals surface area contributed by atoms with Crippen LogP contribution in [0.4, 0.5) is 5.69 Å². The molecule has 0 N–H and O–H groups in total. The first-order valence-corrected chi connectivity index (χ1v) is 13.1. The Morgan fingerprint density at radius 3 is 2.09 bits per heavy atom. The summed E-state index contributed by atoms with van der Waals surface area (Å²) in [6.07, 6.45) is 0. The van der Waals surface area contributed by atoms with Crippen molar-refractivity contribution < 1.29 is 23.3 Å². The molecule has 0 unspecified atom stereocenters. The molecule has 0 aliphatic heterocycles. The summed E-state index contributed by atoms with van der Waals surface area (Å²) >= 11 is -1.15. The fourth-order valence-electron chi connectivity index (χ4n) is 0.883. The fourth-order valence-corrected chi connectivity index (χ4v) is 4.06. The Kier molecular flexibility index (Phi) is 3.66. The predicted molar refractivity (Wildman–Crippen MR) is 46.3 cm³/mol. The molecular formula is C8H10ClHgN. The first-order chi connectivity index (χ1) is 5.24. The van der Waals surface area contributed by atoms with E-state index in [0.29, 0.717) is 0 Å². The summed E-state index contributed by atoms with van der Waals surface area (Å²) in [5.41, 5.74) is 1.24. The summed E-state index contributed by atoms with van der Waals surface area (Å²) in [5, 5.41) is 0. The second-order valence-electron chi connectivity index (χ2n) is 2.69. The second kappa shape index (κ2) is 4.32. The number of anilines is 1. The Morgan fingerprint density at radius 1 is 1.18 bits per heavy atom. The average Bonchev–Trinajstić information content (AvgIpc) is 2.05. The Hall–Kier alpha value is 0.245. The number of benzene rings is 1. The van der Waals surface area contributed by atoms with E-state index < -0.39 is 23.3 Å². The van der Waals surface area contributed by atoms with E-state index in [1.165, 1.54) is 8.76 Å². The summed E-state index contributed by atoms with van der Waals surface area (Å²) < 4.78 is 1.39. The number of hydrogen-bond acceptors (Lipinski definition) is 1. The number of hydrogen-bond donors (Lipinski definition) is 0. The van der Waals surface area contributed by atoms with Crippen LogP contribution in [0.3, 0.4) is 0 Å². The van der Waals surface area contributed by atoms with Crippen LogP contribution in [0, 0.1) is 0 Å². The molecule has 1 nitrogen and oxygen atoms in total. The van der Waals surface area contributed by atoms with E-state index in [2.05, 4.69) is 29.2 Å². The molecule has 0 aliphatic carbocycles. The van der Waals surface area contributed by atoms with Crippen LogP contribution in [0.15, 0.2) is 24.3 Å². The predicted octanol–water partition coefficient (Wildman–Crippen LogP) is 1.61. The van der Waals surface area contributed by atoms with Crippen LogP contribution in [-0.2, 0) is 23.3 Å². The number of rotatable bonds is 2. The molecule has 0 bridgehead atoms. The van der Waals surface area contributed by atoms with Crippen LogP contribution in [0.2, 0.25) is 0 Å². The zero-order chi connectivity index (χ0) is 8.27. The molecule has 0 amide bonds. The third-order valence-electron chi connectivity index (χ3n) is 1.61. The van der Waals surface area contributed by atoms with Crippen molar-refractivity contribution in [3.05, 3.63) is 24.3 Å². The van der Waals surface area contributed by atoms with Crippen LogP contribution in [0.25, 0.3) is 0 Å². The van der Waals surface area contributed by atoms with Crippen LogP contribution in [0.5, 0.6) is 0 Å². The summed E-state index contributed by atoms with van der Waals surface area (Å²) in [7, 11) is 9.95. The van der Waals surface area contributed by atoms with Crippen molar-refractivity contribution in [1.29, 1.82) is 0 Å². The molecule has 0 fully saturated rings. The molecule has 1 aromatic carbocycles. The minimum absolute atomic E-state index is 1.15. The molecule has 0 aromatic heterocycles. The molecule has 1 aromatic rings. The van der Waals surface area contributed by atoms with Gasteiger partial charge in [-0.2, -0.15) is 0 Å². The van der Waals surface area contributed by atoms with E-state index >= 15 is 0 Å². The van der Waals surface area contributed by atoms with Crippen molar-refractivity contribution in [3.63, 3.8) is 0 Å². The van der Waals surface area contributed by atoms with E-state index in [1.807, 2.05) is 14.1 Å². The Bertz CT molecular complexity index is 220. The number of halogens is 1. The first-order valence-electron chi connectivity index (χ1n) is 3.56. The zero-order valence-corrected chi connectivity index (χ0v) is 13.1. The van der Waals surface area contributed by atoms with Crippen LogP contribution >= 0.6 is 8.25 Å². The Morgan fingerprint density at radius 2 is 1.73 bits per heavy atom. The van der Waals surface area contributed by atoms with Crippen molar-refractivity contribution >= 4 is 17.0 Å². The summed E-state index contributed by atoms with van der Waals surface area (Å²) in [4.78, 5) is 2.09. The third-order valence-corrected chi connectivity index (χ3v) is 7.35. The maximum atomic E-state index is 5.87. The average molecular weight is 356 g/mol. The molecule has 0 radical (unpaired) electrons. The van der Waals surface area contributed by atoms with Crippen molar-refractivity contribution in [2.24, 2.45) is 0 Å². The van der Waals surface area contributed by atoms with Gasteiger partial charge in [-0.05, 0) is 0 Å². The van der Waals surface area contributed by atoms with E-state index in [-0.39, 0.29) is 0 Å². The quantitative estimate of drug-likeness (QED) is 0.728. The molecule has 0 aliphatic rings. The van der Waals surface area contributed by atoms with Gasteiger partial charge in [0, 0.05) is 0 Å². The molecule has 0 saturated heterocycles. The molecular weight excluding hydrogens is 346 g/mol. The van der Waals surface area contributed by atoms with Crippen molar-refractivity contribution in [1.82, 2.24) is 0 Å². The Balaban J connectivity index is 2.83. The summed E-state index contributed by atoms with van der Waals surface area (Å²) in [6, 6.07) is 8.53. The normalized spacial score (nSPS) is 9.00. The van der Waals surface area contributed by atoms with Gasteiger partial charge in [-0.3, -0.25) is 0 Å². The summed E-state index contributed by atoms with van der Waals surface area (Å²) in [5.74, 6) is 0. The second-order valence-corrected chi connectivity index (χ2v) is 9.25. The monoisotopic (exact) mass is 357 g/mol. The molecule has 0 heterocycles. The van der Waals surface area contributed by atoms with E-state index in [0.717, 1.165) is 0 Å². The maximum absolute atomic E-state index is 5.87. The molecule has 0 saturated carbocycles. The van der Waals surface area contributed by atoms with E-state index in [4.69, 9.17) is 8.25 Å². The summed E-state index contributed by atoms with van der Waals surface area (Å²) in [6.45, 7) is 0. The van der Waals surface area contributed by atoms with Gasteiger partial charge in [0.1, 0.15) is 0 Å². The van der Waals surface area contributed by atoms with Gasteiger partial charge in [0.2, 0.25) is 0 Å². The standard InChI is InChI=1S/C8H10N.ClH.Hg/c1-9(2)8-6-4-3-5-7-8;;/h4-7H,1-2H3;1H;/q;;+1/p-1. The van der Waals surface area contributed by atoms with Gasteiger partial charge >= 0.3 is 83.6 Å². The van der Waals surface area contributed by atoms with Gasteiger partial charge in [-0.15, -0.1) is 0 Å². The van der Waals surface area contributed by atoms with Gasteiger partial charge in [-0.25, -0.2) is 0 Å². The van der Waals surface area contributed by atoms with Gasteiger partial charge in [0.25, 0.3) is 0 Å². The van der Waals surface area contributed by atoms with Crippen LogP contribution in [0.1, 0.15) is 0 Å². The molecule has 0 spiro atoms. The molecule has 56 valence electrons. The molecule has 1 rings (SSSR count). The molecule has 11 heavy (non-hydrogen) atoms. The van der Waals surface area contributed by atoms with Crippen molar-refractivity contribution in [3.8, 4) is 0 Å². The number of nitrogens with zero attached hydrogens (tertiary/aromatic N) is 1. The van der Waals surface area contributed by atoms with Gasteiger partial charge in [0.05, 0.1) is 0 Å². The van der Waals surface area contributed by atoms with Crippen molar-refractivity contribution in [2.75, 3.05) is 19.0 Å². The minimum atomic E-state index is -1.15. The Labute approximate surface area is 83.2 Å². The topological polar surface area (TPSA) is 3.24 Å². The van der Waals surface area contributed by atoms with Gasteiger partial charge in [0.15, 0.2) is 0 Å². The van der Waals surface area contributed by atoms with Crippen LogP contribution < -0.4 is 7.97 Å². The van der Waals surface area contributed by atoms with Crippen LogP contribution in [-0.4, -0.2) is 14.1 Å². The molecule has 3 heteroatoms. The first kappa shape index (κ1) is 9.33. The molecule has 0 atom stereocenters. The third kappa shape index (κ3) is 2.64. The van der Waals surface area contributed by atoms with E-state index in [9.17, 15) is 0 Å². The van der Waals surface area contributed by atoms with Gasteiger partial charge in [-0.1, -0.05) is 0 Å². The zero-order valence-electron chi connectivity index (χ0n) is 6.84. The van der Waals surface area contributed by atoms with Crippen molar-refractivity contribution in [2.45, 2.75) is 0 Å². The van der Waals surface area contributed by atoms with Gasteiger partial charge < -0.3 is 0 Å². The van der Waals surface area contributed by atoms with E-state index in [1.54, 1.807) is 0 Å². The SMILES string of the molecule is CN(C)c1cc[c]([Hg][Cl])cc1. The fraction of sp³-hybridized carbons (Fsp3) is 0.250.